The second-order valence-corrected chi connectivity index (χ2v) is 8.81. The van der Waals surface area contributed by atoms with Gasteiger partial charge in [0.2, 0.25) is 0 Å². The molecule has 0 heterocycles. The highest BCUT2D eigenvalue weighted by Crippen LogP contribution is 2.27. The number of ether oxygens (including phenoxy) is 1. The molecule has 6 nitrogen and oxygen atoms in total. The first kappa shape index (κ1) is 22.0. The molecule has 0 unspecified atom stereocenters. The van der Waals surface area contributed by atoms with Gasteiger partial charge >= 0.3 is 0 Å². The fourth-order valence-corrected chi connectivity index (χ4v) is 4.42. The van der Waals surface area contributed by atoms with Gasteiger partial charge in [-0.1, -0.05) is 29.3 Å². The summed E-state index contributed by atoms with van der Waals surface area (Å²) in [6.45, 7) is 1.77. The summed E-state index contributed by atoms with van der Waals surface area (Å²) in [7, 11) is -2.52. The standard InChI is InChI=1S/C21H18Cl2N2O4S/c1-13-17(22)4-3-5-19(13)24-21(26)14-6-11-18(23)20(12-14)30(27,28)25-15-7-9-16(29-2)10-8-15/h3-12,25H,1-2H3,(H,24,26). The van der Waals surface area contributed by atoms with Crippen molar-refractivity contribution in [2.75, 3.05) is 17.1 Å². The summed E-state index contributed by atoms with van der Waals surface area (Å²) >= 11 is 12.2. The van der Waals surface area contributed by atoms with Crippen LogP contribution in [0.1, 0.15) is 15.9 Å². The molecule has 3 aromatic rings. The molecule has 0 bridgehead atoms. The first-order valence-corrected chi connectivity index (χ1v) is 11.0. The molecule has 0 saturated heterocycles. The van der Waals surface area contributed by atoms with E-state index in [9.17, 15) is 13.2 Å². The van der Waals surface area contributed by atoms with Gasteiger partial charge in [-0.05, 0) is 67.1 Å². The van der Waals surface area contributed by atoms with E-state index in [1.165, 1.54) is 25.3 Å². The van der Waals surface area contributed by atoms with Crippen molar-refractivity contribution in [3.8, 4) is 5.75 Å². The van der Waals surface area contributed by atoms with Crippen LogP contribution >= 0.6 is 23.2 Å². The molecule has 3 rings (SSSR count). The molecule has 2 N–H and O–H groups in total. The molecule has 1 amide bonds. The minimum atomic E-state index is -4.03. The van der Waals surface area contributed by atoms with E-state index < -0.39 is 15.9 Å². The van der Waals surface area contributed by atoms with Crippen LogP contribution in [0, 0.1) is 6.92 Å². The zero-order valence-electron chi connectivity index (χ0n) is 16.1. The first-order valence-electron chi connectivity index (χ1n) is 8.74. The number of nitrogens with one attached hydrogen (secondary N) is 2. The zero-order chi connectivity index (χ0) is 21.9. The topological polar surface area (TPSA) is 84.5 Å². The summed E-state index contributed by atoms with van der Waals surface area (Å²) in [6, 6.07) is 15.5. The Labute approximate surface area is 184 Å². The summed E-state index contributed by atoms with van der Waals surface area (Å²) in [4.78, 5) is 12.5. The summed E-state index contributed by atoms with van der Waals surface area (Å²) in [5.74, 6) is 0.101. The van der Waals surface area contributed by atoms with E-state index in [2.05, 4.69) is 10.0 Å². The van der Waals surface area contributed by atoms with E-state index in [-0.39, 0.29) is 15.5 Å². The van der Waals surface area contributed by atoms with Crippen molar-refractivity contribution in [3.63, 3.8) is 0 Å². The Morgan fingerprint density at radius 3 is 2.33 bits per heavy atom. The van der Waals surface area contributed by atoms with Gasteiger partial charge in [0.15, 0.2) is 0 Å². The van der Waals surface area contributed by atoms with Crippen LogP contribution in [0.2, 0.25) is 10.0 Å². The molecule has 3 aromatic carbocycles. The first-order chi connectivity index (χ1) is 14.2. The average molecular weight is 465 g/mol. The Bertz CT molecular complexity index is 1200. The van der Waals surface area contributed by atoms with Crippen molar-refractivity contribution in [3.05, 3.63) is 81.8 Å². The van der Waals surface area contributed by atoms with Gasteiger partial charge in [0, 0.05) is 22.0 Å². The molecular weight excluding hydrogens is 447 g/mol. The predicted molar refractivity (Wildman–Crippen MR) is 119 cm³/mol. The molecule has 9 heteroatoms. The molecule has 0 aliphatic heterocycles. The fourth-order valence-electron chi connectivity index (χ4n) is 2.66. The third kappa shape index (κ3) is 4.87. The Hall–Kier alpha value is -2.74. The van der Waals surface area contributed by atoms with E-state index >= 15 is 0 Å². The number of hydrogen-bond acceptors (Lipinski definition) is 4. The number of benzene rings is 3. The predicted octanol–water partition coefficient (Wildman–Crippen LogP) is 5.36. The highest BCUT2D eigenvalue weighted by atomic mass is 35.5. The lowest BCUT2D eigenvalue weighted by molar-refractivity contribution is 0.102. The van der Waals surface area contributed by atoms with Crippen molar-refractivity contribution in [2.45, 2.75) is 11.8 Å². The SMILES string of the molecule is COc1ccc(NS(=O)(=O)c2cc(C(=O)Nc3cccc(Cl)c3C)ccc2Cl)cc1. The van der Waals surface area contributed by atoms with Gasteiger partial charge in [0.05, 0.1) is 12.1 Å². The van der Waals surface area contributed by atoms with E-state index in [0.29, 0.717) is 27.7 Å². The van der Waals surface area contributed by atoms with Gasteiger partial charge in [-0.25, -0.2) is 8.42 Å². The Morgan fingerprint density at radius 2 is 1.67 bits per heavy atom. The van der Waals surface area contributed by atoms with Gasteiger partial charge in [-0.2, -0.15) is 0 Å². The van der Waals surface area contributed by atoms with E-state index in [1.54, 1.807) is 49.4 Å². The van der Waals surface area contributed by atoms with Gasteiger partial charge in [0.25, 0.3) is 15.9 Å². The van der Waals surface area contributed by atoms with Crippen LogP contribution < -0.4 is 14.8 Å². The molecule has 156 valence electrons. The van der Waals surface area contributed by atoms with Crippen LogP contribution in [0.15, 0.2) is 65.6 Å². The van der Waals surface area contributed by atoms with Crippen molar-refractivity contribution in [1.82, 2.24) is 0 Å². The molecule has 0 fully saturated rings. The van der Waals surface area contributed by atoms with Crippen molar-refractivity contribution >= 4 is 50.5 Å². The Morgan fingerprint density at radius 1 is 0.967 bits per heavy atom. The summed E-state index contributed by atoms with van der Waals surface area (Å²) < 4.78 is 33.2. The Balaban J connectivity index is 1.88. The number of amides is 1. The Kier molecular flexibility index (Phi) is 6.55. The number of carbonyl (C=O) groups excluding carboxylic acids is 1. The van der Waals surface area contributed by atoms with Crippen molar-refractivity contribution < 1.29 is 17.9 Å². The van der Waals surface area contributed by atoms with Crippen LogP contribution in [0.4, 0.5) is 11.4 Å². The maximum absolute atomic E-state index is 12.8. The van der Waals surface area contributed by atoms with Gasteiger partial charge in [-0.3, -0.25) is 9.52 Å². The maximum Gasteiger partial charge on any atom is 0.263 e. The average Bonchev–Trinajstić information content (AvgIpc) is 2.72. The van der Waals surface area contributed by atoms with Crippen LogP contribution in [0.5, 0.6) is 5.75 Å². The third-order valence-corrected chi connectivity index (χ3v) is 6.61. The van der Waals surface area contributed by atoms with Gasteiger partial charge in [-0.15, -0.1) is 0 Å². The van der Waals surface area contributed by atoms with Crippen LogP contribution in [-0.4, -0.2) is 21.4 Å². The second kappa shape index (κ2) is 8.95. The second-order valence-electron chi connectivity index (χ2n) is 6.35. The summed E-state index contributed by atoms with van der Waals surface area (Å²) in [5.41, 5.74) is 1.70. The number of sulfonamides is 1. The molecule has 0 atom stereocenters. The summed E-state index contributed by atoms with van der Waals surface area (Å²) in [6.07, 6.45) is 0. The van der Waals surface area contributed by atoms with Crippen molar-refractivity contribution in [1.29, 1.82) is 0 Å². The van der Waals surface area contributed by atoms with E-state index in [1.807, 2.05) is 0 Å². The normalized spacial score (nSPS) is 11.1. The quantitative estimate of drug-likeness (QED) is 0.513. The van der Waals surface area contributed by atoms with Crippen LogP contribution in [-0.2, 0) is 10.0 Å². The number of methoxy groups -OCH3 is 1. The van der Waals surface area contributed by atoms with Gasteiger partial charge < -0.3 is 10.1 Å². The lowest BCUT2D eigenvalue weighted by Crippen LogP contribution is -2.17. The van der Waals surface area contributed by atoms with Crippen LogP contribution in [0.25, 0.3) is 0 Å². The minimum absolute atomic E-state index is 0.00787. The van der Waals surface area contributed by atoms with E-state index in [4.69, 9.17) is 27.9 Å². The maximum atomic E-state index is 12.8. The fraction of sp³-hybridized carbons (Fsp3) is 0.0952. The number of halogens is 2. The van der Waals surface area contributed by atoms with Crippen LogP contribution in [0.3, 0.4) is 0 Å². The largest absolute Gasteiger partial charge is 0.497 e. The lowest BCUT2D eigenvalue weighted by atomic mass is 10.1. The summed E-state index contributed by atoms with van der Waals surface area (Å²) in [5, 5.41) is 3.23. The monoisotopic (exact) mass is 464 g/mol. The highest BCUT2D eigenvalue weighted by Gasteiger charge is 2.21. The smallest absolute Gasteiger partial charge is 0.263 e. The molecular formula is C21H18Cl2N2O4S. The number of carbonyl (C=O) groups is 1. The number of rotatable bonds is 6. The zero-order valence-corrected chi connectivity index (χ0v) is 18.4. The van der Waals surface area contributed by atoms with Gasteiger partial charge in [0.1, 0.15) is 10.6 Å². The molecule has 0 aliphatic rings. The third-order valence-electron chi connectivity index (χ3n) is 4.34. The number of hydrogen-bond donors (Lipinski definition) is 2. The molecule has 0 saturated carbocycles. The molecule has 0 aliphatic carbocycles. The minimum Gasteiger partial charge on any atom is -0.497 e. The molecule has 30 heavy (non-hydrogen) atoms. The van der Waals surface area contributed by atoms with Crippen molar-refractivity contribution in [2.24, 2.45) is 0 Å². The molecule has 0 aromatic heterocycles. The highest BCUT2D eigenvalue weighted by molar-refractivity contribution is 7.92. The van der Waals surface area contributed by atoms with E-state index in [0.717, 1.165) is 0 Å². The lowest BCUT2D eigenvalue weighted by Gasteiger charge is -2.13. The number of anilines is 2. The molecule has 0 spiro atoms. The molecule has 0 radical (unpaired) electrons.